The van der Waals surface area contributed by atoms with Gasteiger partial charge in [-0.1, -0.05) is 24.3 Å². The number of ether oxygens (including phenoxy) is 1. The van der Waals surface area contributed by atoms with E-state index < -0.39 is 16.0 Å². The smallest absolute Gasteiger partial charge is 0.343 e. The van der Waals surface area contributed by atoms with Crippen LogP contribution in [-0.2, 0) is 10.0 Å². The van der Waals surface area contributed by atoms with Gasteiger partial charge >= 0.3 is 5.97 Å². The van der Waals surface area contributed by atoms with Gasteiger partial charge < -0.3 is 4.74 Å². The lowest BCUT2D eigenvalue weighted by Gasteiger charge is -2.15. The van der Waals surface area contributed by atoms with Gasteiger partial charge in [-0.25, -0.2) is 18.2 Å². The molecule has 180 valence electrons. The van der Waals surface area contributed by atoms with Crippen molar-refractivity contribution in [2.24, 2.45) is 0 Å². The van der Waals surface area contributed by atoms with E-state index in [9.17, 15) is 18.5 Å². The number of hydrogen-bond donors (Lipinski definition) is 0. The summed E-state index contributed by atoms with van der Waals surface area (Å²) >= 11 is 1.46. The Hall–Kier alpha value is -3.84. The second kappa shape index (κ2) is 10.0. The second-order valence-electron chi connectivity index (χ2n) is 8.25. The van der Waals surface area contributed by atoms with Crippen LogP contribution in [0.5, 0.6) is 5.75 Å². The molecule has 1 aliphatic rings. The number of nitrogens with zero attached hydrogens (tertiary/aromatic N) is 3. The van der Waals surface area contributed by atoms with Crippen molar-refractivity contribution in [2.45, 2.75) is 17.7 Å². The van der Waals surface area contributed by atoms with Gasteiger partial charge in [-0.15, -0.1) is 11.3 Å². The molecule has 0 bridgehead atoms. The van der Waals surface area contributed by atoms with E-state index in [2.05, 4.69) is 11.1 Å². The fourth-order valence-electron chi connectivity index (χ4n) is 3.93. The molecule has 1 fully saturated rings. The van der Waals surface area contributed by atoms with Gasteiger partial charge in [0.2, 0.25) is 10.0 Å². The highest BCUT2D eigenvalue weighted by Crippen LogP contribution is 2.28. The van der Waals surface area contributed by atoms with E-state index in [0.717, 1.165) is 28.6 Å². The molecule has 0 N–H and O–H groups in total. The van der Waals surface area contributed by atoms with E-state index in [4.69, 9.17) is 4.74 Å². The molecule has 1 aliphatic heterocycles. The molecule has 0 amide bonds. The number of para-hydroxylation sites is 1. The molecule has 0 saturated carbocycles. The monoisotopic (exact) mass is 515 g/mol. The van der Waals surface area contributed by atoms with Crippen LogP contribution in [0.3, 0.4) is 0 Å². The van der Waals surface area contributed by atoms with E-state index >= 15 is 0 Å². The minimum atomic E-state index is -3.54. The summed E-state index contributed by atoms with van der Waals surface area (Å²) in [6.07, 6.45) is 3.46. The lowest BCUT2D eigenvalue weighted by atomic mass is 10.1. The van der Waals surface area contributed by atoms with Crippen LogP contribution in [-0.4, -0.2) is 36.8 Å². The Morgan fingerprint density at radius 1 is 1.00 bits per heavy atom. The first-order valence-electron chi connectivity index (χ1n) is 11.3. The van der Waals surface area contributed by atoms with Crippen LogP contribution in [0.1, 0.15) is 33.8 Å². The maximum absolute atomic E-state index is 12.7. The number of benzene rings is 3. The number of carbonyl (C=O) groups is 1. The molecule has 7 nitrogen and oxygen atoms in total. The number of aromatic nitrogens is 1. The fraction of sp³-hybridized carbons (Fsp3) is 0.148. The highest BCUT2D eigenvalue weighted by molar-refractivity contribution is 7.89. The van der Waals surface area contributed by atoms with Crippen LogP contribution >= 0.6 is 11.3 Å². The molecule has 0 spiro atoms. The summed E-state index contributed by atoms with van der Waals surface area (Å²) in [6.45, 7) is 1.04. The number of rotatable bonds is 6. The SMILES string of the molecule is N#CC(=Cc1ccc(OC(=O)c2ccc(S(=O)(=O)N3CCCC3)cc2)cc1)c1nc2ccccc2s1. The Kier molecular flexibility index (Phi) is 6.65. The van der Waals surface area contributed by atoms with E-state index in [0.29, 0.717) is 29.4 Å². The minimum absolute atomic E-state index is 0.165. The van der Waals surface area contributed by atoms with E-state index in [-0.39, 0.29) is 10.5 Å². The summed E-state index contributed by atoms with van der Waals surface area (Å²) in [4.78, 5) is 17.3. The summed E-state index contributed by atoms with van der Waals surface area (Å²) in [5.41, 5.74) is 2.32. The number of sulfonamides is 1. The average Bonchev–Trinajstić information content (AvgIpc) is 3.59. The second-order valence-corrected chi connectivity index (χ2v) is 11.2. The molecular weight excluding hydrogens is 494 g/mol. The Morgan fingerprint density at radius 3 is 2.36 bits per heavy atom. The maximum atomic E-state index is 12.7. The number of nitriles is 1. The first kappa shape index (κ1) is 23.9. The fourth-order valence-corrected chi connectivity index (χ4v) is 6.38. The summed E-state index contributed by atoms with van der Waals surface area (Å²) in [5, 5.41) is 10.3. The van der Waals surface area contributed by atoms with Crippen LogP contribution in [0.15, 0.2) is 77.7 Å². The van der Waals surface area contributed by atoms with Gasteiger partial charge in [0.1, 0.15) is 16.8 Å². The molecule has 0 radical (unpaired) electrons. The van der Waals surface area contributed by atoms with Gasteiger partial charge in [0.25, 0.3) is 0 Å². The standard InChI is InChI=1S/C27H21N3O4S2/c28-18-21(26-29-24-5-1-2-6-25(24)35-26)17-19-7-11-22(12-8-19)34-27(31)20-9-13-23(14-10-20)36(32,33)30-15-3-4-16-30/h1-2,5-14,17H,3-4,15-16H2. The highest BCUT2D eigenvalue weighted by Gasteiger charge is 2.27. The molecule has 3 aromatic carbocycles. The molecule has 0 unspecified atom stereocenters. The number of esters is 1. The Labute approximate surface area is 212 Å². The number of fused-ring (bicyclic) bond motifs is 1. The van der Waals surface area contributed by atoms with E-state index in [1.54, 1.807) is 30.3 Å². The van der Waals surface area contributed by atoms with Crippen molar-refractivity contribution in [3.63, 3.8) is 0 Å². The van der Waals surface area contributed by atoms with Crippen LogP contribution in [0.25, 0.3) is 21.9 Å². The van der Waals surface area contributed by atoms with Crippen molar-refractivity contribution in [3.05, 3.63) is 88.9 Å². The van der Waals surface area contributed by atoms with E-state index in [1.807, 2.05) is 24.3 Å². The summed E-state index contributed by atoms with van der Waals surface area (Å²) in [6, 6.07) is 22.5. The number of thiazole rings is 1. The quantitative estimate of drug-likeness (QED) is 0.195. The molecular formula is C27H21N3O4S2. The first-order chi connectivity index (χ1) is 17.4. The molecule has 0 atom stereocenters. The normalized spacial score (nSPS) is 14.6. The van der Waals surface area contributed by atoms with Gasteiger partial charge in [-0.05, 0) is 73.0 Å². The van der Waals surface area contributed by atoms with Crippen molar-refractivity contribution in [1.82, 2.24) is 9.29 Å². The van der Waals surface area contributed by atoms with Crippen molar-refractivity contribution in [1.29, 1.82) is 5.26 Å². The van der Waals surface area contributed by atoms with Gasteiger partial charge in [0.15, 0.2) is 0 Å². The first-order valence-corrected chi connectivity index (χ1v) is 13.6. The molecule has 4 aromatic rings. The molecule has 5 rings (SSSR count). The van der Waals surface area contributed by atoms with Crippen LogP contribution in [0.4, 0.5) is 0 Å². The zero-order valence-electron chi connectivity index (χ0n) is 19.1. The molecule has 0 aliphatic carbocycles. The van der Waals surface area contributed by atoms with Crippen molar-refractivity contribution in [2.75, 3.05) is 13.1 Å². The van der Waals surface area contributed by atoms with Gasteiger partial charge in [-0.2, -0.15) is 9.57 Å². The molecule has 2 heterocycles. The average molecular weight is 516 g/mol. The third-order valence-electron chi connectivity index (χ3n) is 5.84. The van der Waals surface area contributed by atoms with Gasteiger partial charge in [-0.3, -0.25) is 0 Å². The number of carbonyl (C=O) groups excluding carboxylic acids is 1. The zero-order valence-corrected chi connectivity index (χ0v) is 20.8. The Bertz CT molecular complexity index is 1560. The highest BCUT2D eigenvalue weighted by atomic mass is 32.2. The lowest BCUT2D eigenvalue weighted by Crippen LogP contribution is -2.27. The van der Waals surface area contributed by atoms with Crippen molar-refractivity contribution >= 4 is 49.2 Å². The number of hydrogen-bond acceptors (Lipinski definition) is 7. The van der Waals surface area contributed by atoms with Crippen molar-refractivity contribution in [3.8, 4) is 11.8 Å². The topological polar surface area (TPSA) is 100 Å². The van der Waals surface area contributed by atoms with Crippen molar-refractivity contribution < 1.29 is 17.9 Å². The largest absolute Gasteiger partial charge is 0.423 e. The third-order valence-corrected chi connectivity index (χ3v) is 8.82. The zero-order chi connectivity index (χ0) is 25.1. The predicted octanol–water partition coefficient (Wildman–Crippen LogP) is 5.36. The Balaban J connectivity index is 1.27. The third kappa shape index (κ3) is 4.93. The Morgan fingerprint density at radius 2 is 1.69 bits per heavy atom. The molecule has 36 heavy (non-hydrogen) atoms. The van der Waals surface area contributed by atoms with E-state index in [1.165, 1.54) is 39.9 Å². The minimum Gasteiger partial charge on any atom is -0.423 e. The lowest BCUT2D eigenvalue weighted by molar-refractivity contribution is 0.0734. The summed E-state index contributed by atoms with van der Waals surface area (Å²) < 4.78 is 33.2. The van der Waals surface area contributed by atoms with Gasteiger partial charge in [0, 0.05) is 13.1 Å². The summed E-state index contributed by atoms with van der Waals surface area (Å²) in [5.74, 6) is -0.250. The van der Waals surface area contributed by atoms with Gasteiger partial charge in [0.05, 0.1) is 26.2 Å². The summed E-state index contributed by atoms with van der Waals surface area (Å²) in [7, 11) is -3.54. The predicted molar refractivity (Wildman–Crippen MR) is 139 cm³/mol. The van der Waals surface area contributed by atoms with Crippen LogP contribution in [0, 0.1) is 11.3 Å². The molecule has 9 heteroatoms. The van der Waals surface area contributed by atoms with Crippen LogP contribution < -0.4 is 4.74 Å². The molecule has 1 saturated heterocycles. The number of allylic oxidation sites excluding steroid dienone is 1. The maximum Gasteiger partial charge on any atom is 0.343 e. The van der Waals surface area contributed by atoms with Crippen LogP contribution in [0.2, 0.25) is 0 Å². The molecule has 1 aromatic heterocycles.